The number of benzene rings is 1. The van der Waals surface area contributed by atoms with Crippen molar-refractivity contribution >= 4 is 11.6 Å². The topological polar surface area (TPSA) is 73.6 Å². The first-order chi connectivity index (χ1) is 9.78. The summed E-state index contributed by atoms with van der Waals surface area (Å²) in [6, 6.07) is 7.53. The van der Waals surface area contributed by atoms with Crippen LogP contribution in [0.15, 0.2) is 24.3 Å². The SMILES string of the molecule is NCc1ccc(NC(=O)CCOCC2CCOC2)cc1. The molecular weight excluding hydrogens is 256 g/mol. The van der Waals surface area contributed by atoms with E-state index >= 15 is 0 Å². The lowest BCUT2D eigenvalue weighted by atomic mass is 10.1. The van der Waals surface area contributed by atoms with Crippen molar-refractivity contribution in [3.05, 3.63) is 29.8 Å². The summed E-state index contributed by atoms with van der Waals surface area (Å²) in [5.74, 6) is 0.454. The van der Waals surface area contributed by atoms with Crippen LogP contribution in [-0.2, 0) is 20.8 Å². The number of ether oxygens (including phenoxy) is 2. The van der Waals surface area contributed by atoms with Gasteiger partial charge in [0.05, 0.1) is 26.2 Å². The van der Waals surface area contributed by atoms with Gasteiger partial charge in [0.1, 0.15) is 0 Å². The number of hydrogen-bond acceptors (Lipinski definition) is 4. The van der Waals surface area contributed by atoms with Crippen molar-refractivity contribution in [2.45, 2.75) is 19.4 Å². The van der Waals surface area contributed by atoms with Crippen LogP contribution >= 0.6 is 0 Å². The normalized spacial score (nSPS) is 18.1. The molecule has 1 aromatic rings. The van der Waals surface area contributed by atoms with Crippen LogP contribution in [0.25, 0.3) is 0 Å². The van der Waals surface area contributed by atoms with Gasteiger partial charge in [-0.2, -0.15) is 0 Å². The zero-order valence-electron chi connectivity index (χ0n) is 11.6. The van der Waals surface area contributed by atoms with Gasteiger partial charge in [-0.05, 0) is 24.1 Å². The number of hydrogen-bond donors (Lipinski definition) is 2. The smallest absolute Gasteiger partial charge is 0.226 e. The molecule has 1 aliphatic rings. The summed E-state index contributed by atoms with van der Waals surface area (Å²) in [7, 11) is 0. The van der Waals surface area contributed by atoms with E-state index in [-0.39, 0.29) is 5.91 Å². The zero-order valence-corrected chi connectivity index (χ0v) is 11.6. The van der Waals surface area contributed by atoms with Crippen molar-refractivity contribution in [2.24, 2.45) is 11.7 Å². The minimum absolute atomic E-state index is 0.0341. The van der Waals surface area contributed by atoms with Crippen LogP contribution < -0.4 is 11.1 Å². The lowest BCUT2D eigenvalue weighted by Crippen LogP contribution is -2.16. The van der Waals surface area contributed by atoms with Gasteiger partial charge in [0.25, 0.3) is 0 Å². The molecule has 1 saturated heterocycles. The molecule has 1 amide bonds. The van der Waals surface area contributed by atoms with Gasteiger partial charge in [0, 0.05) is 24.8 Å². The molecule has 1 aliphatic heterocycles. The van der Waals surface area contributed by atoms with Gasteiger partial charge in [-0.3, -0.25) is 4.79 Å². The van der Waals surface area contributed by atoms with Crippen molar-refractivity contribution in [1.29, 1.82) is 0 Å². The highest BCUT2D eigenvalue weighted by molar-refractivity contribution is 5.90. The maximum Gasteiger partial charge on any atom is 0.226 e. The van der Waals surface area contributed by atoms with Gasteiger partial charge in [-0.1, -0.05) is 12.1 Å². The first-order valence-electron chi connectivity index (χ1n) is 7.02. The molecular formula is C15H22N2O3. The third kappa shape index (κ3) is 4.92. The molecule has 3 N–H and O–H groups in total. The second-order valence-electron chi connectivity index (χ2n) is 5.00. The van der Waals surface area contributed by atoms with Gasteiger partial charge < -0.3 is 20.5 Å². The molecule has 0 aliphatic carbocycles. The van der Waals surface area contributed by atoms with Crippen LogP contribution in [0.3, 0.4) is 0 Å². The summed E-state index contributed by atoms with van der Waals surface area (Å²) in [4.78, 5) is 11.7. The largest absolute Gasteiger partial charge is 0.381 e. The number of anilines is 1. The Labute approximate surface area is 119 Å². The summed E-state index contributed by atoms with van der Waals surface area (Å²) < 4.78 is 10.8. The number of carbonyl (C=O) groups excluding carboxylic acids is 1. The maximum absolute atomic E-state index is 11.7. The van der Waals surface area contributed by atoms with Gasteiger partial charge in [-0.15, -0.1) is 0 Å². The number of carbonyl (C=O) groups is 1. The molecule has 5 nitrogen and oxygen atoms in total. The van der Waals surface area contributed by atoms with E-state index in [1.807, 2.05) is 24.3 Å². The average molecular weight is 278 g/mol. The average Bonchev–Trinajstić information content (AvgIpc) is 2.98. The molecule has 5 heteroatoms. The summed E-state index contributed by atoms with van der Waals surface area (Å²) in [6.07, 6.45) is 1.42. The van der Waals surface area contributed by atoms with Crippen LogP contribution in [0.5, 0.6) is 0 Å². The Morgan fingerprint density at radius 2 is 2.20 bits per heavy atom. The number of amides is 1. The summed E-state index contributed by atoms with van der Waals surface area (Å²) >= 11 is 0. The Kier molecular flexibility index (Phi) is 5.98. The minimum atomic E-state index is -0.0341. The van der Waals surface area contributed by atoms with E-state index in [0.717, 1.165) is 30.9 Å². The predicted octanol–water partition coefficient (Wildman–Crippen LogP) is 1.53. The van der Waals surface area contributed by atoms with E-state index in [1.54, 1.807) is 0 Å². The Morgan fingerprint density at radius 1 is 1.40 bits per heavy atom. The quantitative estimate of drug-likeness (QED) is 0.742. The highest BCUT2D eigenvalue weighted by Gasteiger charge is 2.15. The van der Waals surface area contributed by atoms with E-state index in [1.165, 1.54) is 0 Å². The van der Waals surface area contributed by atoms with Crippen LogP contribution in [0, 0.1) is 5.92 Å². The summed E-state index contributed by atoms with van der Waals surface area (Å²) in [5.41, 5.74) is 7.36. The van der Waals surface area contributed by atoms with Crippen LogP contribution in [-0.4, -0.2) is 32.3 Å². The van der Waals surface area contributed by atoms with Crippen LogP contribution in [0.4, 0.5) is 5.69 Å². The molecule has 0 spiro atoms. The van der Waals surface area contributed by atoms with Crippen molar-refractivity contribution in [2.75, 3.05) is 31.7 Å². The molecule has 1 heterocycles. The standard InChI is InChI=1S/C15H22N2O3/c16-9-12-1-3-14(4-2-12)17-15(18)6-8-20-11-13-5-7-19-10-13/h1-4,13H,5-11,16H2,(H,17,18). The van der Waals surface area contributed by atoms with E-state index in [4.69, 9.17) is 15.2 Å². The Bertz CT molecular complexity index is 414. The first kappa shape index (κ1) is 15.0. The number of nitrogens with one attached hydrogen (secondary N) is 1. The Balaban J connectivity index is 1.61. The van der Waals surface area contributed by atoms with Gasteiger partial charge in [0.15, 0.2) is 0 Å². The van der Waals surface area contributed by atoms with E-state index in [2.05, 4.69) is 5.32 Å². The van der Waals surface area contributed by atoms with Crippen LogP contribution in [0.2, 0.25) is 0 Å². The molecule has 1 fully saturated rings. The number of rotatable bonds is 7. The van der Waals surface area contributed by atoms with E-state index < -0.39 is 0 Å². The Hall–Kier alpha value is -1.43. The molecule has 0 bridgehead atoms. The van der Waals surface area contributed by atoms with E-state index in [0.29, 0.717) is 32.1 Å². The predicted molar refractivity (Wildman–Crippen MR) is 77.3 cm³/mol. The fourth-order valence-corrected chi connectivity index (χ4v) is 2.08. The molecule has 0 radical (unpaired) electrons. The second kappa shape index (κ2) is 7.99. The molecule has 1 atom stereocenters. The van der Waals surface area contributed by atoms with Gasteiger partial charge >= 0.3 is 0 Å². The van der Waals surface area contributed by atoms with Crippen molar-refractivity contribution in [3.8, 4) is 0 Å². The lowest BCUT2D eigenvalue weighted by molar-refractivity contribution is -0.117. The summed E-state index contributed by atoms with van der Waals surface area (Å²) in [5, 5.41) is 2.84. The third-order valence-corrected chi connectivity index (χ3v) is 3.32. The highest BCUT2D eigenvalue weighted by Crippen LogP contribution is 2.12. The van der Waals surface area contributed by atoms with Crippen molar-refractivity contribution in [1.82, 2.24) is 0 Å². The summed E-state index contributed by atoms with van der Waals surface area (Å²) in [6.45, 7) is 3.24. The van der Waals surface area contributed by atoms with Crippen LogP contribution in [0.1, 0.15) is 18.4 Å². The number of nitrogens with two attached hydrogens (primary N) is 1. The molecule has 1 aromatic carbocycles. The second-order valence-corrected chi connectivity index (χ2v) is 5.00. The third-order valence-electron chi connectivity index (χ3n) is 3.32. The molecule has 2 rings (SSSR count). The molecule has 0 saturated carbocycles. The zero-order chi connectivity index (χ0) is 14.2. The highest BCUT2D eigenvalue weighted by atomic mass is 16.5. The van der Waals surface area contributed by atoms with E-state index in [9.17, 15) is 4.79 Å². The fourth-order valence-electron chi connectivity index (χ4n) is 2.08. The molecule has 0 aromatic heterocycles. The lowest BCUT2D eigenvalue weighted by Gasteiger charge is -2.09. The van der Waals surface area contributed by atoms with Crippen molar-refractivity contribution < 1.29 is 14.3 Å². The van der Waals surface area contributed by atoms with Gasteiger partial charge in [0.2, 0.25) is 5.91 Å². The fraction of sp³-hybridized carbons (Fsp3) is 0.533. The minimum Gasteiger partial charge on any atom is -0.381 e. The van der Waals surface area contributed by atoms with Crippen molar-refractivity contribution in [3.63, 3.8) is 0 Å². The molecule has 110 valence electrons. The molecule has 20 heavy (non-hydrogen) atoms. The monoisotopic (exact) mass is 278 g/mol. The molecule has 1 unspecified atom stereocenters. The first-order valence-corrected chi connectivity index (χ1v) is 7.02. The van der Waals surface area contributed by atoms with Gasteiger partial charge in [-0.25, -0.2) is 0 Å². The maximum atomic E-state index is 11.7. The Morgan fingerprint density at radius 3 is 2.85 bits per heavy atom.